The van der Waals surface area contributed by atoms with Gasteiger partial charge in [-0.2, -0.15) is 0 Å². The molecule has 0 spiro atoms. The van der Waals surface area contributed by atoms with Crippen LogP contribution in [0.2, 0.25) is 0 Å². The summed E-state index contributed by atoms with van der Waals surface area (Å²) >= 11 is 0. The van der Waals surface area contributed by atoms with Crippen LogP contribution in [0.1, 0.15) is 30.4 Å². The van der Waals surface area contributed by atoms with Gasteiger partial charge in [0.05, 0.1) is 17.5 Å². The first-order valence-electron chi connectivity index (χ1n) is 6.61. The summed E-state index contributed by atoms with van der Waals surface area (Å²) in [4.78, 5) is 12.0. The molecular weight excluding hydrogens is 252 g/mol. The van der Waals surface area contributed by atoms with Crippen LogP contribution in [0.3, 0.4) is 0 Å². The summed E-state index contributed by atoms with van der Waals surface area (Å²) < 4.78 is 7.28. The van der Waals surface area contributed by atoms with E-state index in [1.54, 1.807) is 12.1 Å². The van der Waals surface area contributed by atoms with Gasteiger partial charge in [0, 0.05) is 17.6 Å². The lowest BCUT2D eigenvalue weighted by molar-refractivity contribution is 0.0997. The number of benzene rings is 1. The predicted molar refractivity (Wildman–Crippen MR) is 79.0 cm³/mol. The van der Waals surface area contributed by atoms with Crippen molar-refractivity contribution in [1.29, 1.82) is 0 Å². The number of aromatic nitrogens is 1. The Morgan fingerprint density at radius 2 is 2.05 bits per heavy atom. The highest BCUT2D eigenvalue weighted by molar-refractivity contribution is 6.07. The third-order valence-corrected chi connectivity index (χ3v) is 3.31. The van der Waals surface area contributed by atoms with E-state index in [-0.39, 0.29) is 5.91 Å². The van der Waals surface area contributed by atoms with Crippen molar-refractivity contribution in [3.8, 4) is 0 Å². The molecule has 3 aromatic rings. The fourth-order valence-corrected chi connectivity index (χ4v) is 2.34. The second kappa shape index (κ2) is 4.89. The summed E-state index contributed by atoms with van der Waals surface area (Å²) in [5.74, 6) is 0.0742. The number of anilines is 1. The van der Waals surface area contributed by atoms with Gasteiger partial charge in [-0.05, 0) is 44.2 Å². The van der Waals surface area contributed by atoms with Gasteiger partial charge in [-0.25, -0.2) is 0 Å². The summed E-state index contributed by atoms with van der Waals surface area (Å²) in [5.41, 5.74) is 1.90. The molecule has 0 bridgehead atoms. The molecule has 2 aromatic heterocycles. The first kappa shape index (κ1) is 12.5. The monoisotopic (exact) mass is 268 g/mol. The second-order valence-corrected chi connectivity index (χ2v) is 4.99. The molecule has 102 valence electrons. The number of rotatable bonds is 3. The molecule has 1 aromatic carbocycles. The predicted octanol–water partition coefficient (Wildman–Crippen LogP) is 4.07. The first-order valence-corrected chi connectivity index (χ1v) is 6.61. The molecule has 0 atom stereocenters. The number of hydrogen-bond donors (Lipinski definition) is 1. The van der Waals surface area contributed by atoms with E-state index in [2.05, 4.69) is 29.8 Å². The highest BCUT2D eigenvalue weighted by atomic mass is 16.3. The number of furan rings is 1. The van der Waals surface area contributed by atoms with Gasteiger partial charge < -0.3 is 14.3 Å². The topological polar surface area (TPSA) is 47.2 Å². The van der Waals surface area contributed by atoms with Crippen molar-refractivity contribution >= 4 is 22.5 Å². The highest BCUT2D eigenvalue weighted by Gasteiger charge is 2.12. The normalized spacial score (nSPS) is 11.2. The molecule has 1 amide bonds. The minimum atomic E-state index is -0.236. The van der Waals surface area contributed by atoms with Gasteiger partial charge in [-0.3, -0.25) is 4.79 Å². The molecule has 3 rings (SSSR count). The van der Waals surface area contributed by atoms with Crippen molar-refractivity contribution in [2.24, 2.45) is 0 Å². The Labute approximate surface area is 117 Å². The van der Waals surface area contributed by atoms with Gasteiger partial charge in [0.15, 0.2) is 5.76 Å². The number of fused-ring (bicyclic) bond motifs is 1. The zero-order chi connectivity index (χ0) is 14.1. The molecule has 2 heterocycles. The minimum absolute atomic E-state index is 0.236. The molecule has 0 saturated heterocycles. The van der Waals surface area contributed by atoms with E-state index < -0.39 is 0 Å². The molecule has 0 saturated carbocycles. The maximum Gasteiger partial charge on any atom is 0.291 e. The number of amides is 1. The van der Waals surface area contributed by atoms with Gasteiger partial charge in [0.2, 0.25) is 0 Å². The minimum Gasteiger partial charge on any atom is -0.459 e. The molecule has 0 aliphatic rings. The van der Waals surface area contributed by atoms with E-state index in [1.807, 2.05) is 24.4 Å². The standard InChI is InChI=1S/C16H16N2O2/c1-11(2)18-9-8-12-13(5-3-6-14(12)18)17-16(19)15-7-4-10-20-15/h3-11H,1-2H3,(H,17,19). The maximum absolute atomic E-state index is 12.0. The van der Waals surface area contributed by atoms with Crippen LogP contribution < -0.4 is 5.32 Å². The van der Waals surface area contributed by atoms with Gasteiger partial charge in [0.25, 0.3) is 5.91 Å². The first-order chi connectivity index (χ1) is 9.66. The van der Waals surface area contributed by atoms with Crippen LogP contribution in [0.5, 0.6) is 0 Å². The average molecular weight is 268 g/mol. The molecule has 4 heteroatoms. The zero-order valence-corrected chi connectivity index (χ0v) is 11.5. The van der Waals surface area contributed by atoms with E-state index in [1.165, 1.54) is 6.26 Å². The quantitative estimate of drug-likeness (QED) is 0.778. The van der Waals surface area contributed by atoms with Gasteiger partial charge in [0.1, 0.15) is 0 Å². The fraction of sp³-hybridized carbons (Fsp3) is 0.188. The third-order valence-electron chi connectivity index (χ3n) is 3.31. The number of nitrogens with zero attached hydrogens (tertiary/aromatic N) is 1. The lowest BCUT2D eigenvalue weighted by Crippen LogP contribution is -2.11. The average Bonchev–Trinajstić information content (AvgIpc) is 3.08. The van der Waals surface area contributed by atoms with Crippen molar-refractivity contribution in [3.63, 3.8) is 0 Å². The fourth-order valence-electron chi connectivity index (χ4n) is 2.34. The van der Waals surface area contributed by atoms with Crippen molar-refractivity contribution < 1.29 is 9.21 Å². The highest BCUT2D eigenvalue weighted by Crippen LogP contribution is 2.27. The Bertz CT molecular complexity index is 739. The molecular formula is C16H16N2O2. The molecule has 0 unspecified atom stereocenters. The van der Waals surface area contributed by atoms with Crippen molar-refractivity contribution in [2.45, 2.75) is 19.9 Å². The van der Waals surface area contributed by atoms with E-state index in [9.17, 15) is 4.79 Å². The lowest BCUT2D eigenvalue weighted by atomic mass is 10.2. The smallest absolute Gasteiger partial charge is 0.291 e. The Morgan fingerprint density at radius 3 is 2.75 bits per heavy atom. The maximum atomic E-state index is 12.0. The largest absolute Gasteiger partial charge is 0.459 e. The molecule has 1 N–H and O–H groups in total. The summed E-state index contributed by atoms with van der Waals surface area (Å²) in [7, 11) is 0. The Hall–Kier alpha value is -2.49. The number of hydrogen-bond acceptors (Lipinski definition) is 2. The Kier molecular flexibility index (Phi) is 3.06. The van der Waals surface area contributed by atoms with Crippen LogP contribution in [0.15, 0.2) is 53.3 Å². The second-order valence-electron chi connectivity index (χ2n) is 4.99. The van der Waals surface area contributed by atoms with Crippen molar-refractivity contribution in [2.75, 3.05) is 5.32 Å². The van der Waals surface area contributed by atoms with Crippen LogP contribution in [0.25, 0.3) is 10.9 Å². The van der Waals surface area contributed by atoms with E-state index in [4.69, 9.17) is 4.42 Å². The number of carbonyl (C=O) groups is 1. The molecule has 0 fully saturated rings. The summed E-state index contributed by atoms with van der Waals surface area (Å²) in [6.07, 6.45) is 3.53. The van der Waals surface area contributed by atoms with Crippen LogP contribution in [-0.2, 0) is 0 Å². The van der Waals surface area contributed by atoms with E-state index in [0.717, 1.165) is 16.6 Å². The van der Waals surface area contributed by atoms with Crippen LogP contribution in [0.4, 0.5) is 5.69 Å². The van der Waals surface area contributed by atoms with Crippen molar-refractivity contribution in [3.05, 3.63) is 54.6 Å². The van der Waals surface area contributed by atoms with E-state index in [0.29, 0.717) is 11.8 Å². The van der Waals surface area contributed by atoms with E-state index >= 15 is 0 Å². The van der Waals surface area contributed by atoms with Gasteiger partial charge in [-0.15, -0.1) is 0 Å². The van der Waals surface area contributed by atoms with Crippen LogP contribution in [-0.4, -0.2) is 10.5 Å². The Balaban J connectivity index is 1.98. The van der Waals surface area contributed by atoms with Gasteiger partial charge in [-0.1, -0.05) is 6.07 Å². The third kappa shape index (κ3) is 2.09. The van der Waals surface area contributed by atoms with Crippen molar-refractivity contribution in [1.82, 2.24) is 4.57 Å². The lowest BCUT2D eigenvalue weighted by Gasteiger charge is -2.10. The van der Waals surface area contributed by atoms with Crippen LogP contribution in [0, 0.1) is 0 Å². The molecule has 0 aliphatic heterocycles. The Morgan fingerprint density at radius 1 is 1.20 bits per heavy atom. The molecule has 4 nitrogen and oxygen atoms in total. The van der Waals surface area contributed by atoms with Gasteiger partial charge >= 0.3 is 0 Å². The van der Waals surface area contributed by atoms with Crippen LogP contribution >= 0.6 is 0 Å². The molecule has 20 heavy (non-hydrogen) atoms. The summed E-state index contributed by atoms with van der Waals surface area (Å²) in [6.45, 7) is 4.26. The molecule has 0 radical (unpaired) electrons. The zero-order valence-electron chi connectivity index (χ0n) is 11.5. The summed E-state index contributed by atoms with van der Waals surface area (Å²) in [5, 5.41) is 3.92. The number of nitrogens with one attached hydrogen (secondary N) is 1. The molecule has 0 aliphatic carbocycles. The summed E-state index contributed by atoms with van der Waals surface area (Å²) in [6, 6.07) is 11.6. The number of carbonyl (C=O) groups excluding carboxylic acids is 1. The SMILES string of the molecule is CC(C)n1ccc2c(NC(=O)c3ccco3)cccc21.